The highest BCUT2D eigenvalue weighted by Crippen LogP contribution is 2.41. The van der Waals surface area contributed by atoms with E-state index in [4.69, 9.17) is 10.5 Å². The van der Waals surface area contributed by atoms with E-state index in [2.05, 4.69) is 38.1 Å². The van der Waals surface area contributed by atoms with Crippen LogP contribution in [0.1, 0.15) is 39.4 Å². The summed E-state index contributed by atoms with van der Waals surface area (Å²) in [6, 6.07) is 10.6. The fourth-order valence-corrected chi connectivity index (χ4v) is 3.34. The van der Waals surface area contributed by atoms with Gasteiger partial charge < -0.3 is 10.5 Å². The Morgan fingerprint density at radius 3 is 2.78 bits per heavy atom. The topological polar surface area (TPSA) is 35.2 Å². The predicted molar refractivity (Wildman–Crippen MR) is 75.1 cm³/mol. The number of rotatable bonds is 1. The molecule has 0 aliphatic carbocycles. The first-order valence-corrected chi connectivity index (χ1v) is 7.04. The van der Waals surface area contributed by atoms with Crippen LogP contribution >= 0.6 is 11.3 Å². The molecule has 3 heteroatoms. The van der Waals surface area contributed by atoms with Gasteiger partial charge in [-0.25, -0.2) is 0 Å². The third-order valence-corrected chi connectivity index (χ3v) is 4.47. The van der Waals surface area contributed by atoms with Gasteiger partial charge >= 0.3 is 0 Å². The number of aryl methyl sites for hydroxylation is 2. The molecule has 1 aromatic heterocycles. The van der Waals surface area contributed by atoms with Crippen molar-refractivity contribution in [3.8, 4) is 5.75 Å². The van der Waals surface area contributed by atoms with Gasteiger partial charge in [-0.05, 0) is 32.0 Å². The van der Waals surface area contributed by atoms with Gasteiger partial charge in [0.05, 0.1) is 0 Å². The van der Waals surface area contributed by atoms with E-state index in [0.29, 0.717) is 0 Å². The summed E-state index contributed by atoms with van der Waals surface area (Å²) in [6.07, 6.45) is 0.963. The molecule has 3 rings (SSSR count). The van der Waals surface area contributed by atoms with Gasteiger partial charge in [0.15, 0.2) is 0 Å². The van der Waals surface area contributed by atoms with Crippen LogP contribution in [0.3, 0.4) is 0 Å². The molecule has 2 N–H and O–H groups in total. The maximum absolute atomic E-state index is 6.27. The quantitative estimate of drug-likeness (QED) is 0.843. The predicted octanol–water partition coefficient (Wildman–Crippen LogP) is 3.89. The average Bonchev–Trinajstić information content (AvgIpc) is 2.77. The van der Waals surface area contributed by atoms with Crippen LogP contribution in [0.15, 0.2) is 30.3 Å². The summed E-state index contributed by atoms with van der Waals surface area (Å²) in [5.41, 5.74) is 8.65. The Bertz CT molecular complexity index is 576. The second-order valence-electron chi connectivity index (χ2n) is 4.94. The van der Waals surface area contributed by atoms with E-state index < -0.39 is 0 Å². The van der Waals surface area contributed by atoms with Gasteiger partial charge in [0.25, 0.3) is 0 Å². The maximum atomic E-state index is 6.27. The molecule has 2 aromatic rings. The molecule has 1 unspecified atom stereocenters. The van der Waals surface area contributed by atoms with Crippen LogP contribution in [-0.2, 0) is 0 Å². The van der Waals surface area contributed by atoms with E-state index in [1.165, 1.54) is 15.3 Å². The lowest BCUT2D eigenvalue weighted by Gasteiger charge is -2.30. The average molecular weight is 259 g/mol. The summed E-state index contributed by atoms with van der Waals surface area (Å²) in [7, 11) is 0. The van der Waals surface area contributed by atoms with Crippen molar-refractivity contribution in [2.45, 2.75) is 32.4 Å². The number of benzene rings is 1. The maximum Gasteiger partial charge on any atom is 0.135 e. The molecular weight excluding hydrogens is 242 g/mol. The van der Waals surface area contributed by atoms with Gasteiger partial charge in [-0.3, -0.25) is 0 Å². The third kappa shape index (κ3) is 2.04. The summed E-state index contributed by atoms with van der Waals surface area (Å²) < 4.78 is 6.09. The molecule has 1 aliphatic heterocycles. The Morgan fingerprint density at radius 2 is 2.06 bits per heavy atom. The Morgan fingerprint density at radius 1 is 1.22 bits per heavy atom. The summed E-state index contributed by atoms with van der Waals surface area (Å²) in [4.78, 5) is 2.59. The summed E-state index contributed by atoms with van der Waals surface area (Å²) in [5, 5.41) is 0. The molecule has 2 atom stereocenters. The number of nitrogens with two attached hydrogens (primary N) is 1. The highest BCUT2D eigenvalue weighted by Gasteiger charge is 2.27. The van der Waals surface area contributed by atoms with Crippen molar-refractivity contribution in [2.24, 2.45) is 5.73 Å². The number of hydrogen-bond donors (Lipinski definition) is 1. The van der Waals surface area contributed by atoms with E-state index in [-0.39, 0.29) is 12.1 Å². The highest BCUT2D eigenvalue weighted by atomic mass is 32.1. The minimum absolute atomic E-state index is 0.0704. The van der Waals surface area contributed by atoms with Crippen molar-refractivity contribution >= 4 is 11.3 Å². The van der Waals surface area contributed by atoms with Crippen molar-refractivity contribution in [2.75, 3.05) is 0 Å². The van der Waals surface area contributed by atoms with Gasteiger partial charge in [0, 0.05) is 27.8 Å². The summed E-state index contributed by atoms with van der Waals surface area (Å²) >= 11 is 1.79. The first-order valence-electron chi connectivity index (χ1n) is 6.22. The van der Waals surface area contributed by atoms with E-state index in [0.717, 1.165) is 17.7 Å². The lowest BCUT2D eigenvalue weighted by molar-refractivity contribution is 0.165. The van der Waals surface area contributed by atoms with E-state index in [1.54, 1.807) is 11.3 Å². The molecule has 0 radical (unpaired) electrons. The zero-order valence-corrected chi connectivity index (χ0v) is 11.5. The van der Waals surface area contributed by atoms with Crippen LogP contribution in [0.25, 0.3) is 0 Å². The fraction of sp³-hybridized carbons (Fsp3) is 0.333. The monoisotopic (exact) mass is 259 g/mol. The Balaban J connectivity index is 1.94. The number of hydrogen-bond acceptors (Lipinski definition) is 3. The van der Waals surface area contributed by atoms with Crippen LogP contribution in [-0.4, -0.2) is 0 Å². The first-order chi connectivity index (χ1) is 8.63. The van der Waals surface area contributed by atoms with Gasteiger partial charge in [0.2, 0.25) is 0 Å². The normalized spacial score (nSPS) is 22.4. The van der Waals surface area contributed by atoms with Gasteiger partial charge in [-0.15, -0.1) is 11.3 Å². The fourth-order valence-electron chi connectivity index (χ4n) is 2.42. The molecule has 2 heterocycles. The molecule has 0 amide bonds. The molecule has 2 nitrogen and oxygen atoms in total. The molecule has 0 spiro atoms. The molecule has 0 saturated carbocycles. The zero-order valence-electron chi connectivity index (χ0n) is 10.6. The Kier molecular flexibility index (Phi) is 2.88. The largest absolute Gasteiger partial charge is 0.484 e. The van der Waals surface area contributed by atoms with Crippen LogP contribution < -0.4 is 10.5 Å². The zero-order chi connectivity index (χ0) is 12.7. The third-order valence-electron chi connectivity index (χ3n) is 3.38. The van der Waals surface area contributed by atoms with Crippen molar-refractivity contribution in [1.82, 2.24) is 0 Å². The van der Waals surface area contributed by atoms with Crippen molar-refractivity contribution < 1.29 is 4.74 Å². The van der Waals surface area contributed by atoms with Crippen molar-refractivity contribution in [3.05, 3.63) is 51.2 Å². The minimum atomic E-state index is 0.0704. The molecule has 94 valence electrons. The number of thiophene rings is 1. The summed E-state index contributed by atoms with van der Waals surface area (Å²) in [5.74, 6) is 0.940. The number of ether oxygens (including phenoxy) is 1. The minimum Gasteiger partial charge on any atom is -0.484 e. The lowest BCUT2D eigenvalue weighted by Crippen LogP contribution is -2.23. The standard InChI is InChI=1S/C15H17NOS/c1-9-3-5-13-11(7-9)12(16)8-14(17-13)15-6-4-10(2)18-15/h3-7,12,14H,8,16H2,1-2H3/t12-,14?/m1/s1. The summed E-state index contributed by atoms with van der Waals surface area (Å²) in [6.45, 7) is 4.20. The van der Waals surface area contributed by atoms with Crippen molar-refractivity contribution in [1.29, 1.82) is 0 Å². The van der Waals surface area contributed by atoms with Crippen LogP contribution in [0.4, 0.5) is 0 Å². The lowest BCUT2D eigenvalue weighted by atomic mass is 9.95. The Labute approximate surface area is 111 Å². The van der Waals surface area contributed by atoms with Crippen LogP contribution in [0, 0.1) is 13.8 Å². The van der Waals surface area contributed by atoms with E-state index >= 15 is 0 Å². The van der Waals surface area contributed by atoms with E-state index in [9.17, 15) is 0 Å². The van der Waals surface area contributed by atoms with Crippen LogP contribution in [0.5, 0.6) is 5.75 Å². The molecule has 0 bridgehead atoms. The van der Waals surface area contributed by atoms with Crippen LogP contribution in [0.2, 0.25) is 0 Å². The second kappa shape index (κ2) is 4.41. The first kappa shape index (κ1) is 11.8. The molecule has 0 fully saturated rings. The molecule has 1 aliphatic rings. The Hall–Kier alpha value is -1.32. The highest BCUT2D eigenvalue weighted by molar-refractivity contribution is 7.12. The molecule has 0 saturated heterocycles. The SMILES string of the molecule is Cc1ccc2c(c1)[C@H](N)CC(c1ccc(C)s1)O2. The molecular formula is C15H17NOS. The van der Waals surface area contributed by atoms with Crippen molar-refractivity contribution in [3.63, 3.8) is 0 Å². The van der Waals surface area contributed by atoms with Gasteiger partial charge in [-0.1, -0.05) is 17.7 Å². The smallest absolute Gasteiger partial charge is 0.135 e. The van der Waals surface area contributed by atoms with Gasteiger partial charge in [-0.2, -0.15) is 0 Å². The molecule has 18 heavy (non-hydrogen) atoms. The second-order valence-corrected chi connectivity index (χ2v) is 6.26. The van der Waals surface area contributed by atoms with Gasteiger partial charge in [0.1, 0.15) is 11.9 Å². The van der Waals surface area contributed by atoms with E-state index in [1.807, 2.05) is 6.07 Å². The molecule has 1 aromatic carbocycles. The number of fused-ring (bicyclic) bond motifs is 1.